The molecule has 1 amide bonds. The highest BCUT2D eigenvalue weighted by Gasteiger charge is 2.19. The third-order valence-corrected chi connectivity index (χ3v) is 8.58. The van der Waals surface area contributed by atoms with Crippen molar-refractivity contribution in [2.45, 2.75) is 11.4 Å². The third kappa shape index (κ3) is 7.32. The van der Waals surface area contributed by atoms with E-state index in [2.05, 4.69) is 10.0 Å². The van der Waals surface area contributed by atoms with Gasteiger partial charge in [-0.05, 0) is 84.4 Å². The average molecular weight is 600 g/mol. The van der Waals surface area contributed by atoms with Crippen LogP contribution in [-0.2, 0) is 26.6 Å². The van der Waals surface area contributed by atoms with Gasteiger partial charge in [0.15, 0.2) is 0 Å². The molecule has 0 spiro atoms. The maximum absolute atomic E-state index is 12.8. The van der Waals surface area contributed by atoms with Crippen LogP contribution in [0.5, 0.6) is 5.75 Å². The summed E-state index contributed by atoms with van der Waals surface area (Å²) in [6.07, 6.45) is 1.11. The molecule has 0 aliphatic heterocycles. The van der Waals surface area contributed by atoms with Crippen LogP contribution in [0.4, 0.5) is 17.1 Å². The van der Waals surface area contributed by atoms with Crippen LogP contribution >= 0.6 is 11.6 Å². The van der Waals surface area contributed by atoms with Gasteiger partial charge in [-0.3, -0.25) is 13.8 Å². The fraction of sp³-hybridized carbons (Fsp3) is 0.107. The van der Waals surface area contributed by atoms with Crippen LogP contribution in [-0.4, -0.2) is 36.1 Å². The van der Waals surface area contributed by atoms with E-state index in [-0.39, 0.29) is 11.4 Å². The second-order valence-corrected chi connectivity index (χ2v) is 12.8. The predicted molar refractivity (Wildman–Crippen MR) is 157 cm³/mol. The Hall–Kier alpha value is -4.06. The monoisotopic (exact) mass is 599 g/mol. The first-order valence-corrected chi connectivity index (χ1v) is 15.6. The van der Waals surface area contributed by atoms with E-state index in [0.717, 1.165) is 6.26 Å². The average Bonchev–Trinajstić information content (AvgIpc) is 2.92. The number of rotatable bonds is 10. The van der Waals surface area contributed by atoms with Crippen LogP contribution in [0.25, 0.3) is 0 Å². The van der Waals surface area contributed by atoms with Crippen molar-refractivity contribution >= 4 is 54.6 Å². The van der Waals surface area contributed by atoms with Gasteiger partial charge < -0.3 is 10.1 Å². The summed E-state index contributed by atoms with van der Waals surface area (Å²) in [6, 6.07) is 25.3. The molecule has 0 saturated carbocycles. The Balaban J connectivity index is 1.41. The SMILES string of the molecule is COc1ccc(NS(=O)(=O)c2ccc(NC(=O)c3ccc(CN(c4cccc(Cl)c4)S(C)(=O)=O)cc3)cc2)cc1. The molecule has 0 aromatic heterocycles. The van der Waals surface area contributed by atoms with Gasteiger partial charge in [0.25, 0.3) is 15.9 Å². The molecular weight excluding hydrogens is 574 g/mol. The summed E-state index contributed by atoms with van der Waals surface area (Å²) in [6.45, 7) is 0.0571. The van der Waals surface area contributed by atoms with E-state index in [1.54, 1.807) is 72.8 Å². The Labute approximate surface area is 238 Å². The molecule has 4 rings (SSSR count). The molecule has 0 heterocycles. The summed E-state index contributed by atoms with van der Waals surface area (Å²) >= 11 is 6.03. The zero-order valence-corrected chi connectivity index (χ0v) is 23.9. The molecule has 0 unspecified atom stereocenters. The smallest absolute Gasteiger partial charge is 0.261 e. The Bertz CT molecular complexity index is 1710. The summed E-state index contributed by atoms with van der Waals surface area (Å²) in [7, 11) is -5.91. The highest BCUT2D eigenvalue weighted by Crippen LogP contribution is 2.25. The molecule has 0 aliphatic carbocycles. The lowest BCUT2D eigenvalue weighted by Crippen LogP contribution is -2.29. The Morgan fingerprint density at radius 3 is 2.05 bits per heavy atom. The molecule has 4 aromatic rings. The summed E-state index contributed by atoms with van der Waals surface area (Å²) in [4.78, 5) is 12.8. The zero-order chi connectivity index (χ0) is 28.9. The van der Waals surface area contributed by atoms with Crippen LogP contribution in [0, 0.1) is 0 Å². The zero-order valence-electron chi connectivity index (χ0n) is 21.5. The van der Waals surface area contributed by atoms with Crippen molar-refractivity contribution in [2.75, 3.05) is 27.7 Å². The summed E-state index contributed by atoms with van der Waals surface area (Å²) in [5.41, 5.74) is 2.23. The quantitative estimate of drug-likeness (QED) is 0.253. The molecule has 0 fully saturated rings. The van der Waals surface area contributed by atoms with E-state index in [1.807, 2.05) is 0 Å². The van der Waals surface area contributed by atoms with E-state index < -0.39 is 26.0 Å². The van der Waals surface area contributed by atoms with E-state index in [4.69, 9.17) is 16.3 Å². The van der Waals surface area contributed by atoms with Crippen LogP contribution in [0.1, 0.15) is 15.9 Å². The predicted octanol–water partition coefficient (Wildman–Crippen LogP) is 5.37. The van der Waals surface area contributed by atoms with Crippen molar-refractivity contribution < 1.29 is 26.4 Å². The number of ether oxygens (including phenoxy) is 1. The van der Waals surface area contributed by atoms with Crippen LogP contribution in [0.2, 0.25) is 5.02 Å². The largest absolute Gasteiger partial charge is 0.497 e. The summed E-state index contributed by atoms with van der Waals surface area (Å²) < 4.78 is 59.0. The van der Waals surface area contributed by atoms with Crippen molar-refractivity contribution in [3.63, 3.8) is 0 Å². The third-order valence-electron chi connectivity index (χ3n) is 5.80. The fourth-order valence-electron chi connectivity index (χ4n) is 3.75. The number of sulfonamides is 2. The molecule has 0 saturated heterocycles. The Morgan fingerprint density at radius 1 is 0.850 bits per heavy atom. The van der Waals surface area contributed by atoms with Crippen molar-refractivity contribution in [1.82, 2.24) is 0 Å². The van der Waals surface area contributed by atoms with Gasteiger partial charge >= 0.3 is 0 Å². The molecule has 0 radical (unpaired) electrons. The lowest BCUT2D eigenvalue weighted by molar-refractivity contribution is 0.102. The standard InChI is InChI=1S/C28H26ClN3O6S2/c1-38-26-14-10-24(11-15-26)31-40(36,37)27-16-12-23(13-17-27)30-28(33)21-8-6-20(7-9-21)19-32(39(2,34)35)25-5-3-4-22(29)18-25/h3-18,31H,19H2,1-2H3,(H,30,33). The van der Waals surface area contributed by atoms with Gasteiger partial charge in [-0.25, -0.2) is 16.8 Å². The van der Waals surface area contributed by atoms with Gasteiger partial charge in [-0.1, -0.05) is 29.8 Å². The van der Waals surface area contributed by atoms with E-state index in [9.17, 15) is 21.6 Å². The summed E-state index contributed by atoms with van der Waals surface area (Å²) in [5, 5.41) is 3.14. The van der Waals surface area contributed by atoms with E-state index in [1.165, 1.54) is 35.7 Å². The molecule has 12 heteroatoms. The van der Waals surface area contributed by atoms with Crippen LogP contribution in [0.3, 0.4) is 0 Å². The van der Waals surface area contributed by atoms with Gasteiger partial charge in [0.05, 0.1) is 30.5 Å². The van der Waals surface area contributed by atoms with Gasteiger partial charge in [0.2, 0.25) is 10.0 Å². The minimum absolute atomic E-state index is 0.0285. The lowest BCUT2D eigenvalue weighted by Gasteiger charge is -2.22. The molecular formula is C28H26ClN3O6S2. The maximum Gasteiger partial charge on any atom is 0.261 e. The second-order valence-electron chi connectivity index (χ2n) is 8.76. The van der Waals surface area contributed by atoms with Crippen LogP contribution in [0.15, 0.2) is 102 Å². The first-order chi connectivity index (χ1) is 18.9. The number of anilines is 3. The number of halogens is 1. The minimum atomic E-state index is -3.84. The number of carbonyl (C=O) groups is 1. The van der Waals surface area contributed by atoms with Crippen LogP contribution < -0.4 is 19.1 Å². The van der Waals surface area contributed by atoms with Crippen molar-refractivity contribution in [2.24, 2.45) is 0 Å². The molecule has 0 bridgehead atoms. The van der Waals surface area contributed by atoms with E-state index >= 15 is 0 Å². The van der Waals surface area contributed by atoms with Crippen molar-refractivity contribution in [3.8, 4) is 5.75 Å². The Morgan fingerprint density at radius 2 is 1.48 bits per heavy atom. The number of nitrogens with zero attached hydrogens (tertiary/aromatic N) is 1. The highest BCUT2D eigenvalue weighted by atomic mass is 35.5. The van der Waals surface area contributed by atoms with E-state index in [0.29, 0.717) is 39.0 Å². The van der Waals surface area contributed by atoms with Gasteiger partial charge in [-0.15, -0.1) is 0 Å². The first kappa shape index (κ1) is 28.9. The maximum atomic E-state index is 12.8. The number of nitrogens with one attached hydrogen (secondary N) is 2. The molecule has 9 nitrogen and oxygen atoms in total. The van der Waals surface area contributed by atoms with Crippen molar-refractivity contribution in [3.05, 3.63) is 113 Å². The fourth-order valence-corrected chi connectivity index (χ4v) is 5.88. The summed E-state index contributed by atoms with van der Waals surface area (Å²) in [5.74, 6) is 0.194. The second kappa shape index (κ2) is 12.0. The first-order valence-electron chi connectivity index (χ1n) is 11.9. The number of hydrogen-bond acceptors (Lipinski definition) is 6. The molecule has 4 aromatic carbocycles. The number of hydrogen-bond donors (Lipinski definition) is 2. The number of amides is 1. The molecule has 0 aliphatic rings. The Kier molecular flexibility index (Phi) is 8.67. The molecule has 0 atom stereocenters. The van der Waals surface area contributed by atoms with Gasteiger partial charge in [0.1, 0.15) is 5.75 Å². The minimum Gasteiger partial charge on any atom is -0.497 e. The van der Waals surface area contributed by atoms with Gasteiger partial charge in [-0.2, -0.15) is 0 Å². The molecule has 2 N–H and O–H groups in total. The topological polar surface area (TPSA) is 122 Å². The van der Waals surface area contributed by atoms with Crippen molar-refractivity contribution in [1.29, 1.82) is 0 Å². The lowest BCUT2D eigenvalue weighted by atomic mass is 10.1. The molecule has 208 valence electrons. The normalized spacial score (nSPS) is 11.5. The number of benzene rings is 4. The van der Waals surface area contributed by atoms with Gasteiger partial charge in [0, 0.05) is 22.0 Å². The number of methoxy groups -OCH3 is 1. The highest BCUT2D eigenvalue weighted by molar-refractivity contribution is 7.92. The number of carbonyl (C=O) groups excluding carboxylic acids is 1. The molecule has 40 heavy (non-hydrogen) atoms.